The molecule has 106 valence electrons. The van der Waals surface area contributed by atoms with E-state index in [2.05, 4.69) is 0 Å². The SMILES string of the molecule is CCOC(=O)CCC(=O)N(CC#N)c1ccc(F)cc1. The minimum Gasteiger partial charge on any atom is -0.466 e. The van der Waals surface area contributed by atoms with E-state index in [1.165, 1.54) is 29.2 Å². The van der Waals surface area contributed by atoms with Crippen LogP contribution in [0.3, 0.4) is 0 Å². The summed E-state index contributed by atoms with van der Waals surface area (Å²) in [6, 6.07) is 7.11. The van der Waals surface area contributed by atoms with Gasteiger partial charge in [-0.05, 0) is 31.2 Å². The van der Waals surface area contributed by atoms with Gasteiger partial charge in [0.05, 0.1) is 19.1 Å². The molecule has 0 radical (unpaired) electrons. The lowest BCUT2D eigenvalue weighted by Crippen LogP contribution is -2.31. The van der Waals surface area contributed by atoms with Gasteiger partial charge in [-0.25, -0.2) is 4.39 Å². The standard InChI is InChI=1S/C14H15FN2O3/c1-2-20-14(19)8-7-13(18)17(10-9-16)12-5-3-11(15)4-6-12/h3-6H,2,7-8,10H2,1H3. The topological polar surface area (TPSA) is 70.4 Å². The lowest BCUT2D eigenvalue weighted by atomic mass is 10.2. The summed E-state index contributed by atoms with van der Waals surface area (Å²) in [5.74, 6) is -1.27. The summed E-state index contributed by atoms with van der Waals surface area (Å²) in [5.41, 5.74) is 0.418. The Labute approximate surface area is 116 Å². The summed E-state index contributed by atoms with van der Waals surface area (Å²) in [7, 11) is 0. The van der Waals surface area contributed by atoms with Crippen molar-refractivity contribution in [1.82, 2.24) is 0 Å². The molecule has 0 atom stereocenters. The molecule has 0 saturated carbocycles. The van der Waals surface area contributed by atoms with Crippen molar-refractivity contribution in [3.63, 3.8) is 0 Å². The fourth-order valence-electron chi connectivity index (χ4n) is 1.59. The molecule has 0 aliphatic heterocycles. The molecule has 1 aromatic carbocycles. The largest absolute Gasteiger partial charge is 0.466 e. The lowest BCUT2D eigenvalue weighted by Gasteiger charge is -2.19. The van der Waals surface area contributed by atoms with Gasteiger partial charge in [0.25, 0.3) is 0 Å². The molecular weight excluding hydrogens is 263 g/mol. The van der Waals surface area contributed by atoms with Crippen molar-refractivity contribution in [2.45, 2.75) is 19.8 Å². The second-order valence-corrected chi connectivity index (χ2v) is 3.92. The maximum Gasteiger partial charge on any atom is 0.306 e. The number of halogens is 1. The van der Waals surface area contributed by atoms with Crippen molar-refractivity contribution in [2.75, 3.05) is 18.1 Å². The van der Waals surface area contributed by atoms with Crippen molar-refractivity contribution in [3.05, 3.63) is 30.1 Å². The molecule has 0 saturated heterocycles. The normalized spacial score (nSPS) is 9.65. The van der Waals surface area contributed by atoms with Gasteiger partial charge in [0, 0.05) is 12.1 Å². The first-order chi connectivity index (χ1) is 9.58. The van der Waals surface area contributed by atoms with Gasteiger partial charge in [-0.3, -0.25) is 14.5 Å². The van der Waals surface area contributed by atoms with Crippen LogP contribution in [0.2, 0.25) is 0 Å². The zero-order valence-corrected chi connectivity index (χ0v) is 11.1. The molecule has 0 aliphatic carbocycles. The maximum absolute atomic E-state index is 12.8. The molecule has 0 bridgehead atoms. The highest BCUT2D eigenvalue weighted by Gasteiger charge is 2.17. The van der Waals surface area contributed by atoms with Crippen molar-refractivity contribution in [2.24, 2.45) is 0 Å². The number of nitriles is 1. The van der Waals surface area contributed by atoms with Crippen LogP contribution >= 0.6 is 0 Å². The molecule has 5 nitrogen and oxygen atoms in total. The molecule has 20 heavy (non-hydrogen) atoms. The molecule has 0 spiro atoms. The summed E-state index contributed by atoms with van der Waals surface area (Å²) in [6.07, 6.45) is -0.103. The summed E-state index contributed by atoms with van der Waals surface area (Å²) in [5, 5.41) is 8.75. The molecule has 1 rings (SSSR count). The average molecular weight is 278 g/mol. The fourth-order valence-corrected chi connectivity index (χ4v) is 1.59. The van der Waals surface area contributed by atoms with Crippen LogP contribution in [0.15, 0.2) is 24.3 Å². The third kappa shape index (κ3) is 4.69. The van der Waals surface area contributed by atoms with Gasteiger partial charge < -0.3 is 4.74 Å². The van der Waals surface area contributed by atoms with Gasteiger partial charge in [-0.15, -0.1) is 0 Å². The summed E-state index contributed by atoms with van der Waals surface area (Å²) < 4.78 is 17.6. The van der Waals surface area contributed by atoms with Crippen LogP contribution < -0.4 is 4.90 Å². The molecule has 6 heteroatoms. The lowest BCUT2D eigenvalue weighted by molar-refractivity contribution is -0.144. The zero-order chi connectivity index (χ0) is 15.0. The third-order valence-corrected chi connectivity index (χ3v) is 2.52. The first kappa shape index (κ1) is 15.6. The van der Waals surface area contributed by atoms with E-state index < -0.39 is 11.8 Å². The summed E-state index contributed by atoms with van der Waals surface area (Å²) in [4.78, 5) is 24.4. The first-order valence-corrected chi connectivity index (χ1v) is 6.17. The van der Waals surface area contributed by atoms with E-state index in [0.29, 0.717) is 5.69 Å². The number of carbonyl (C=O) groups is 2. The Morgan fingerprint density at radius 3 is 2.50 bits per heavy atom. The Bertz CT molecular complexity index is 508. The minimum atomic E-state index is -0.461. The summed E-state index contributed by atoms with van der Waals surface area (Å²) >= 11 is 0. The van der Waals surface area contributed by atoms with E-state index >= 15 is 0 Å². The number of amides is 1. The van der Waals surface area contributed by atoms with Crippen LogP contribution in [0.5, 0.6) is 0 Å². The van der Waals surface area contributed by atoms with Crippen LogP contribution in [0.1, 0.15) is 19.8 Å². The number of esters is 1. The third-order valence-electron chi connectivity index (χ3n) is 2.52. The highest BCUT2D eigenvalue weighted by atomic mass is 19.1. The van der Waals surface area contributed by atoms with Gasteiger partial charge in [0.15, 0.2) is 0 Å². The fraction of sp³-hybridized carbons (Fsp3) is 0.357. The predicted octanol–water partition coefficient (Wildman–Crippen LogP) is 2.03. The number of hydrogen-bond donors (Lipinski definition) is 0. The van der Waals surface area contributed by atoms with Crippen LogP contribution in [0, 0.1) is 17.1 Å². The first-order valence-electron chi connectivity index (χ1n) is 6.17. The Balaban J connectivity index is 2.71. The van der Waals surface area contributed by atoms with E-state index in [9.17, 15) is 14.0 Å². The zero-order valence-electron chi connectivity index (χ0n) is 11.1. The average Bonchev–Trinajstić information content (AvgIpc) is 2.44. The van der Waals surface area contributed by atoms with E-state index in [-0.39, 0.29) is 31.9 Å². The predicted molar refractivity (Wildman–Crippen MR) is 70.2 cm³/mol. The van der Waals surface area contributed by atoms with Gasteiger partial charge in [0.1, 0.15) is 12.4 Å². The van der Waals surface area contributed by atoms with Crippen LogP contribution in [0.25, 0.3) is 0 Å². The highest BCUT2D eigenvalue weighted by molar-refractivity contribution is 5.95. The number of carbonyl (C=O) groups excluding carboxylic acids is 2. The van der Waals surface area contributed by atoms with Gasteiger partial charge in [-0.2, -0.15) is 5.26 Å². The maximum atomic E-state index is 12.8. The molecule has 0 unspecified atom stereocenters. The van der Waals surface area contributed by atoms with Crippen molar-refractivity contribution in [1.29, 1.82) is 5.26 Å². The van der Waals surface area contributed by atoms with Crippen LogP contribution in [-0.4, -0.2) is 25.0 Å². The molecule has 0 heterocycles. The van der Waals surface area contributed by atoms with E-state index in [0.717, 1.165) is 0 Å². The van der Waals surface area contributed by atoms with Gasteiger partial charge >= 0.3 is 5.97 Å². The van der Waals surface area contributed by atoms with Crippen LogP contribution in [0.4, 0.5) is 10.1 Å². The van der Waals surface area contributed by atoms with Crippen LogP contribution in [-0.2, 0) is 14.3 Å². The number of nitrogens with zero attached hydrogens (tertiary/aromatic N) is 2. The molecule has 0 aliphatic rings. The van der Waals surface area contributed by atoms with E-state index in [1.807, 2.05) is 6.07 Å². The van der Waals surface area contributed by atoms with E-state index in [1.54, 1.807) is 6.92 Å². The summed E-state index contributed by atoms with van der Waals surface area (Å²) in [6.45, 7) is 1.78. The number of rotatable bonds is 6. The van der Waals surface area contributed by atoms with Crippen molar-refractivity contribution >= 4 is 17.6 Å². The van der Waals surface area contributed by atoms with Gasteiger partial charge in [-0.1, -0.05) is 0 Å². The molecule has 0 aromatic heterocycles. The smallest absolute Gasteiger partial charge is 0.306 e. The second kappa shape index (κ2) is 7.89. The Hall–Kier alpha value is -2.42. The number of benzene rings is 1. The number of anilines is 1. The number of ether oxygens (including phenoxy) is 1. The molecular formula is C14H15FN2O3. The Kier molecular flexibility index (Phi) is 6.17. The second-order valence-electron chi connectivity index (χ2n) is 3.92. The highest BCUT2D eigenvalue weighted by Crippen LogP contribution is 2.16. The van der Waals surface area contributed by atoms with Crippen molar-refractivity contribution in [3.8, 4) is 6.07 Å². The Morgan fingerprint density at radius 2 is 1.95 bits per heavy atom. The minimum absolute atomic E-state index is 0.0458. The molecule has 1 aromatic rings. The monoisotopic (exact) mass is 278 g/mol. The quantitative estimate of drug-likeness (QED) is 0.589. The molecule has 1 amide bonds. The molecule has 0 N–H and O–H groups in total. The van der Waals surface area contributed by atoms with Crippen molar-refractivity contribution < 1.29 is 18.7 Å². The Morgan fingerprint density at radius 1 is 1.30 bits per heavy atom. The molecule has 0 fully saturated rings. The number of hydrogen-bond acceptors (Lipinski definition) is 4. The van der Waals surface area contributed by atoms with Gasteiger partial charge in [0.2, 0.25) is 5.91 Å². The van der Waals surface area contributed by atoms with E-state index in [4.69, 9.17) is 10.00 Å².